The van der Waals surface area contributed by atoms with Gasteiger partial charge in [-0.05, 0) is 38.3 Å². The highest BCUT2D eigenvalue weighted by atomic mass is 35.5. The Bertz CT molecular complexity index is 774. The first kappa shape index (κ1) is 19.9. The van der Waals surface area contributed by atoms with Gasteiger partial charge < -0.3 is 14.4 Å². The number of para-hydroxylation sites is 1. The summed E-state index contributed by atoms with van der Waals surface area (Å²) in [6.45, 7) is 7.86. The number of rotatable bonds is 6. The second kappa shape index (κ2) is 7.62. The zero-order chi connectivity index (χ0) is 18.2. The van der Waals surface area contributed by atoms with Gasteiger partial charge in [0.05, 0.1) is 17.1 Å². The molecule has 7 heteroatoms. The lowest BCUT2D eigenvalue weighted by molar-refractivity contribution is -0.169. The van der Waals surface area contributed by atoms with Gasteiger partial charge in [0.2, 0.25) is 5.89 Å². The average Bonchev–Trinajstić information content (AvgIpc) is 3.12. The minimum Gasteiger partial charge on any atom is -0.492 e. The maximum absolute atomic E-state index is 11.5. The van der Waals surface area contributed by atoms with Crippen LogP contribution in [0.5, 0.6) is 5.75 Å². The Balaban J connectivity index is 0.00000210. The van der Waals surface area contributed by atoms with Crippen LogP contribution in [0.4, 0.5) is 0 Å². The Kier molecular flexibility index (Phi) is 5.60. The summed E-state index contributed by atoms with van der Waals surface area (Å²) in [6, 6.07) is 9.72. The van der Waals surface area contributed by atoms with Crippen LogP contribution >= 0.6 is 12.4 Å². The van der Waals surface area contributed by atoms with Crippen molar-refractivity contribution >= 4 is 12.4 Å². The van der Waals surface area contributed by atoms with Crippen molar-refractivity contribution in [3.63, 3.8) is 0 Å². The topological polar surface area (TPSA) is 71.6 Å². The monoisotopic (exact) mass is 391 g/mol. The summed E-state index contributed by atoms with van der Waals surface area (Å²) in [7, 11) is 0. The van der Waals surface area contributed by atoms with Crippen LogP contribution in [-0.2, 0) is 5.41 Å². The number of aryl methyl sites for hydroxylation is 1. The maximum Gasteiger partial charge on any atom is 0.235 e. The number of hydrogen-bond donors (Lipinski definition) is 1. The molecule has 2 unspecified atom stereocenters. The fraction of sp³-hybridized carbons (Fsp3) is 0.500. The number of aromatic nitrogens is 2. The van der Waals surface area contributed by atoms with E-state index in [1.165, 1.54) is 0 Å². The zero-order valence-corrected chi connectivity index (χ0v) is 16.3. The molecule has 146 valence electrons. The normalized spacial score (nSPS) is 31.9. The van der Waals surface area contributed by atoms with E-state index >= 15 is 0 Å². The number of fused-ring (bicyclic) bond motifs is 3. The molecule has 2 aromatic rings. The highest BCUT2D eigenvalue weighted by molar-refractivity contribution is 5.85. The molecule has 0 amide bonds. The summed E-state index contributed by atoms with van der Waals surface area (Å²) in [6.07, 6.45) is 3.44. The van der Waals surface area contributed by atoms with Crippen LogP contribution in [0.3, 0.4) is 0 Å². The van der Waals surface area contributed by atoms with Gasteiger partial charge in [0.25, 0.3) is 0 Å². The third-order valence-corrected chi connectivity index (χ3v) is 6.00. The minimum absolute atomic E-state index is 0. The standard InChI is InChI=1S/C20H25N3O3.ClH/c1-3-9-20(14-25-16-7-5-4-6-8-16)17(24)19(10-12-23(20)13-11-19)18-21-15(2)22-26-18;/h3-8,17,24H,1,9-14H2,2H3;1H. The van der Waals surface area contributed by atoms with Crippen molar-refractivity contribution in [2.75, 3.05) is 19.7 Å². The van der Waals surface area contributed by atoms with E-state index in [1.807, 2.05) is 43.3 Å². The van der Waals surface area contributed by atoms with Gasteiger partial charge in [0.1, 0.15) is 12.4 Å². The van der Waals surface area contributed by atoms with Gasteiger partial charge in [0, 0.05) is 13.1 Å². The number of aliphatic hydroxyl groups is 1. The van der Waals surface area contributed by atoms with Crippen molar-refractivity contribution in [3.8, 4) is 5.75 Å². The first-order valence-electron chi connectivity index (χ1n) is 9.13. The van der Waals surface area contributed by atoms with E-state index in [0.29, 0.717) is 24.7 Å². The van der Waals surface area contributed by atoms with E-state index < -0.39 is 17.1 Å². The van der Waals surface area contributed by atoms with Crippen molar-refractivity contribution in [3.05, 3.63) is 54.7 Å². The summed E-state index contributed by atoms with van der Waals surface area (Å²) in [5, 5.41) is 15.5. The molecule has 3 aliphatic rings. The molecule has 1 N–H and O–H groups in total. The van der Waals surface area contributed by atoms with Gasteiger partial charge in [-0.15, -0.1) is 19.0 Å². The van der Waals surface area contributed by atoms with Crippen LogP contribution < -0.4 is 4.74 Å². The number of halogens is 1. The number of ether oxygens (including phenoxy) is 1. The molecular weight excluding hydrogens is 366 g/mol. The lowest BCUT2D eigenvalue weighted by Gasteiger charge is -2.60. The summed E-state index contributed by atoms with van der Waals surface area (Å²) >= 11 is 0. The zero-order valence-electron chi connectivity index (χ0n) is 15.5. The van der Waals surface area contributed by atoms with Gasteiger partial charge in [-0.1, -0.05) is 29.4 Å². The Labute approximate surface area is 165 Å². The molecule has 0 spiro atoms. The lowest BCUT2D eigenvalue weighted by atomic mass is 9.60. The van der Waals surface area contributed by atoms with Crippen molar-refractivity contribution < 1.29 is 14.4 Å². The maximum atomic E-state index is 11.5. The number of piperidine rings is 3. The molecule has 27 heavy (non-hydrogen) atoms. The van der Waals surface area contributed by atoms with Crippen LogP contribution in [0.1, 0.15) is 31.0 Å². The second-order valence-electron chi connectivity index (χ2n) is 7.39. The first-order valence-corrected chi connectivity index (χ1v) is 9.13. The van der Waals surface area contributed by atoms with Crippen molar-refractivity contribution in [1.29, 1.82) is 0 Å². The highest BCUT2D eigenvalue weighted by Crippen LogP contribution is 2.51. The van der Waals surface area contributed by atoms with Crippen LogP contribution in [0.15, 0.2) is 47.5 Å². The number of aliphatic hydroxyl groups excluding tert-OH is 1. The Morgan fingerprint density at radius 1 is 1.33 bits per heavy atom. The molecule has 3 aliphatic heterocycles. The van der Waals surface area contributed by atoms with Gasteiger partial charge in [-0.25, -0.2) is 0 Å². The molecule has 2 bridgehead atoms. The third-order valence-electron chi connectivity index (χ3n) is 6.00. The molecule has 0 aliphatic carbocycles. The van der Waals surface area contributed by atoms with Crippen LogP contribution in [0.25, 0.3) is 0 Å². The van der Waals surface area contributed by atoms with E-state index in [0.717, 1.165) is 31.7 Å². The smallest absolute Gasteiger partial charge is 0.235 e. The Morgan fingerprint density at radius 3 is 2.63 bits per heavy atom. The van der Waals surface area contributed by atoms with Crippen LogP contribution in [0, 0.1) is 6.92 Å². The Hall–Kier alpha value is -1.89. The summed E-state index contributed by atoms with van der Waals surface area (Å²) in [5.41, 5.74) is -1.06. The minimum atomic E-state index is -0.668. The fourth-order valence-electron chi connectivity index (χ4n) is 4.59. The molecule has 0 radical (unpaired) electrons. The van der Waals surface area contributed by atoms with Gasteiger partial charge >= 0.3 is 0 Å². The molecule has 1 aromatic heterocycles. The second-order valence-corrected chi connectivity index (χ2v) is 7.39. The number of hydrogen-bond acceptors (Lipinski definition) is 6. The molecule has 4 heterocycles. The van der Waals surface area contributed by atoms with Gasteiger partial charge in [0.15, 0.2) is 5.82 Å². The van der Waals surface area contributed by atoms with E-state index in [9.17, 15) is 5.11 Å². The third kappa shape index (κ3) is 3.16. The van der Waals surface area contributed by atoms with Crippen molar-refractivity contribution in [1.82, 2.24) is 15.0 Å². The van der Waals surface area contributed by atoms with Crippen LogP contribution in [0.2, 0.25) is 0 Å². The molecule has 1 aromatic carbocycles. The summed E-state index contributed by atoms with van der Waals surface area (Å²) in [4.78, 5) is 6.81. The van der Waals surface area contributed by atoms with E-state index in [-0.39, 0.29) is 12.4 Å². The quantitative estimate of drug-likeness (QED) is 0.763. The highest BCUT2D eigenvalue weighted by Gasteiger charge is 2.63. The predicted molar refractivity (Wildman–Crippen MR) is 104 cm³/mol. The lowest BCUT2D eigenvalue weighted by Crippen LogP contribution is -2.74. The molecule has 2 atom stereocenters. The molecule has 3 saturated heterocycles. The fourth-order valence-corrected chi connectivity index (χ4v) is 4.59. The van der Waals surface area contributed by atoms with E-state index in [4.69, 9.17) is 9.26 Å². The average molecular weight is 392 g/mol. The summed E-state index contributed by atoms with van der Waals surface area (Å²) < 4.78 is 11.6. The van der Waals surface area contributed by atoms with Crippen molar-refractivity contribution in [2.24, 2.45) is 0 Å². The number of benzene rings is 1. The first-order chi connectivity index (χ1) is 12.6. The van der Waals surface area contributed by atoms with Gasteiger partial charge in [-0.3, -0.25) is 4.90 Å². The molecule has 5 rings (SSSR count). The SMILES string of the molecule is C=CCC1(COc2ccccc2)C(O)C2(c3nc(C)no3)CCN1CC2.Cl. The van der Waals surface area contributed by atoms with E-state index in [1.54, 1.807) is 0 Å². The molecular formula is C20H26ClN3O3. The van der Waals surface area contributed by atoms with E-state index in [2.05, 4.69) is 21.6 Å². The molecule has 3 fully saturated rings. The Morgan fingerprint density at radius 2 is 2.04 bits per heavy atom. The van der Waals surface area contributed by atoms with Crippen LogP contribution in [-0.4, -0.2) is 51.5 Å². The molecule has 0 saturated carbocycles. The van der Waals surface area contributed by atoms with Gasteiger partial charge in [-0.2, -0.15) is 4.98 Å². The van der Waals surface area contributed by atoms with Crippen molar-refractivity contribution in [2.45, 2.75) is 43.2 Å². The number of nitrogens with zero attached hydrogens (tertiary/aromatic N) is 3. The predicted octanol–water partition coefficient (Wildman–Crippen LogP) is 2.90. The largest absolute Gasteiger partial charge is 0.492 e. The summed E-state index contributed by atoms with van der Waals surface area (Å²) in [5.74, 6) is 1.95. The molecule has 6 nitrogen and oxygen atoms in total.